The van der Waals surface area contributed by atoms with Crippen LogP contribution in [0.5, 0.6) is 0 Å². The zero-order valence-electron chi connectivity index (χ0n) is 34.3. The van der Waals surface area contributed by atoms with E-state index in [-0.39, 0.29) is 0 Å². The standard InChI is InChI=1S/C60H39NOS/c1-3-12-40(13-4-1)45-16-9-17-46(38-45)41-24-31-48(32-25-41)61(50-35-28-44(29-36-50)51-19-11-23-58-59(51)54-18-7-8-22-57(54)63-58)49-33-26-42(27-34-49)47-30-37-56-55(39-47)53-21-10-20-52(60(53)62-56)43-14-5-2-6-15-43/h1-39H. The van der Waals surface area contributed by atoms with Crippen molar-refractivity contribution in [3.8, 4) is 55.6 Å². The Labute approximate surface area is 370 Å². The van der Waals surface area contributed by atoms with Crippen LogP contribution in [0.4, 0.5) is 17.1 Å². The molecule has 0 spiro atoms. The highest BCUT2D eigenvalue weighted by atomic mass is 32.1. The zero-order valence-corrected chi connectivity index (χ0v) is 35.1. The third-order valence-electron chi connectivity index (χ3n) is 12.3. The summed E-state index contributed by atoms with van der Waals surface area (Å²) in [6.07, 6.45) is 0. The molecule has 12 aromatic rings. The number of thiophene rings is 1. The van der Waals surface area contributed by atoms with E-state index in [0.29, 0.717) is 0 Å². The fourth-order valence-electron chi connectivity index (χ4n) is 9.19. The average molecular weight is 822 g/mol. The van der Waals surface area contributed by atoms with E-state index in [1.807, 2.05) is 17.4 Å². The van der Waals surface area contributed by atoms with Crippen LogP contribution in [0.2, 0.25) is 0 Å². The van der Waals surface area contributed by atoms with Gasteiger partial charge < -0.3 is 9.32 Å². The van der Waals surface area contributed by atoms with Gasteiger partial charge in [-0.25, -0.2) is 0 Å². The van der Waals surface area contributed by atoms with Crippen molar-refractivity contribution in [2.75, 3.05) is 4.90 Å². The second-order valence-corrected chi connectivity index (χ2v) is 17.1. The minimum Gasteiger partial charge on any atom is -0.455 e. The van der Waals surface area contributed by atoms with Crippen LogP contribution in [0.15, 0.2) is 241 Å². The van der Waals surface area contributed by atoms with Gasteiger partial charge in [-0.15, -0.1) is 11.3 Å². The predicted octanol–water partition coefficient (Wildman–Crippen LogP) is 17.8. The number of benzene rings is 10. The van der Waals surface area contributed by atoms with Gasteiger partial charge >= 0.3 is 0 Å². The normalized spacial score (nSPS) is 11.5. The van der Waals surface area contributed by atoms with Gasteiger partial charge in [0, 0.05) is 53.6 Å². The summed E-state index contributed by atoms with van der Waals surface area (Å²) in [4.78, 5) is 2.36. The number of rotatable bonds is 8. The van der Waals surface area contributed by atoms with E-state index in [0.717, 1.165) is 61.3 Å². The van der Waals surface area contributed by atoms with E-state index in [1.54, 1.807) is 0 Å². The lowest BCUT2D eigenvalue weighted by Crippen LogP contribution is -2.09. The summed E-state index contributed by atoms with van der Waals surface area (Å²) >= 11 is 1.86. The first kappa shape index (κ1) is 36.8. The van der Waals surface area contributed by atoms with E-state index in [9.17, 15) is 0 Å². The predicted molar refractivity (Wildman–Crippen MR) is 268 cm³/mol. The summed E-state index contributed by atoms with van der Waals surface area (Å²) in [5.41, 5.74) is 16.9. The molecule has 2 nitrogen and oxygen atoms in total. The molecule has 63 heavy (non-hydrogen) atoms. The van der Waals surface area contributed by atoms with E-state index in [1.165, 1.54) is 53.6 Å². The fourth-order valence-corrected chi connectivity index (χ4v) is 10.3. The van der Waals surface area contributed by atoms with Crippen molar-refractivity contribution < 1.29 is 4.42 Å². The van der Waals surface area contributed by atoms with Crippen LogP contribution in [0, 0.1) is 0 Å². The van der Waals surface area contributed by atoms with Crippen molar-refractivity contribution in [2.24, 2.45) is 0 Å². The van der Waals surface area contributed by atoms with Crippen LogP contribution in [-0.2, 0) is 0 Å². The van der Waals surface area contributed by atoms with Gasteiger partial charge in [0.25, 0.3) is 0 Å². The largest absolute Gasteiger partial charge is 0.455 e. The molecule has 0 N–H and O–H groups in total. The van der Waals surface area contributed by atoms with Crippen LogP contribution in [0.1, 0.15) is 0 Å². The molecule has 0 atom stereocenters. The fraction of sp³-hybridized carbons (Fsp3) is 0. The summed E-state index contributed by atoms with van der Waals surface area (Å²) in [5.74, 6) is 0. The smallest absolute Gasteiger partial charge is 0.143 e. The number of fused-ring (bicyclic) bond motifs is 6. The average Bonchev–Trinajstić information content (AvgIpc) is 3.94. The Balaban J connectivity index is 0.919. The van der Waals surface area contributed by atoms with Crippen LogP contribution < -0.4 is 4.90 Å². The molecule has 0 amide bonds. The molecule has 296 valence electrons. The van der Waals surface area contributed by atoms with Gasteiger partial charge in [0.1, 0.15) is 11.2 Å². The van der Waals surface area contributed by atoms with Gasteiger partial charge in [-0.1, -0.05) is 170 Å². The van der Waals surface area contributed by atoms with Gasteiger partial charge in [-0.05, 0) is 117 Å². The van der Waals surface area contributed by atoms with Crippen molar-refractivity contribution in [1.82, 2.24) is 0 Å². The van der Waals surface area contributed by atoms with E-state index >= 15 is 0 Å². The molecule has 3 heteroatoms. The number of hydrogen-bond acceptors (Lipinski definition) is 3. The zero-order chi connectivity index (χ0) is 41.7. The minimum atomic E-state index is 0.891. The molecular weight excluding hydrogens is 783 g/mol. The third-order valence-corrected chi connectivity index (χ3v) is 13.4. The molecule has 0 fully saturated rings. The van der Waals surface area contributed by atoms with E-state index in [4.69, 9.17) is 4.42 Å². The molecule has 2 aromatic heterocycles. The molecule has 0 aliphatic carbocycles. The molecule has 0 bridgehead atoms. The minimum absolute atomic E-state index is 0.891. The Morgan fingerprint density at radius 3 is 1.44 bits per heavy atom. The Hall–Kier alpha value is -7.98. The van der Waals surface area contributed by atoms with Crippen molar-refractivity contribution in [2.45, 2.75) is 0 Å². The van der Waals surface area contributed by atoms with Gasteiger partial charge in [-0.3, -0.25) is 0 Å². The van der Waals surface area contributed by atoms with Crippen LogP contribution >= 0.6 is 11.3 Å². The molecule has 12 rings (SSSR count). The molecule has 10 aromatic carbocycles. The SMILES string of the molecule is c1ccc(-c2cccc(-c3ccc(N(c4ccc(-c5ccc6oc7c(-c8ccccc8)cccc7c6c5)cc4)c4ccc(-c5cccc6sc7ccccc7c56)cc4)cc3)c2)cc1. The topological polar surface area (TPSA) is 16.4 Å². The Morgan fingerprint density at radius 2 is 0.762 bits per heavy atom. The second-order valence-electron chi connectivity index (χ2n) is 16.1. The Kier molecular flexibility index (Phi) is 9.06. The molecule has 0 radical (unpaired) electrons. The van der Waals surface area contributed by atoms with Crippen LogP contribution in [-0.4, -0.2) is 0 Å². The first-order chi connectivity index (χ1) is 31.2. The maximum absolute atomic E-state index is 6.51. The third kappa shape index (κ3) is 6.67. The molecular formula is C60H39NOS. The van der Waals surface area contributed by atoms with Crippen molar-refractivity contribution in [1.29, 1.82) is 0 Å². The highest BCUT2D eigenvalue weighted by molar-refractivity contribution is 7.25. The van der Waals surface area contributed by atoms with E-state index < -0.39 is 0 Å². The highest BCUT2D eigenvalue weighted by Crippen LogP contribution is 2.43. The maximum atomic E-state index is 6.51. The number of hydrogen-bond donors (Lipinski definition) is 0. The number of para-hydroxylation sites is 1. The summed E-state index contributed by atoms with van der Waals surface area (Å²) in [6, 6.07) is 85.2. The van der Waals surface area contributed by atoms with Crippen molar-refractivity contribution >= 4 is 70.5 Å². The molecule has 0 saturated heterocycles. The second kappa shape index (κ2) is 15.5. The number of anilines is 3. The number of furan rings is 1. The first-order valence-corrected chi connectivity index (χ1v) is 22.2. The molecule has 0 unspecified atom stereocenters. The van der Waals surface area contributed by atoms with Gasteiger partial charge in [0.2, 0.25) is 0 Å². The Morgan fingerprint density at radius 1 is 0.302 bits per heavy atom. The summed E-state index contributed by atoms with van der Waals surface area (Å²) in [6.45, 7) is 0. The van der Waals surface area contributed by atoms with Crippen LogP contribution in [0.3, 0.4) is 0 Å². The quantitative estimate of drug-likeness (QED) is 0.152. The van der Waals surface area contributed by atoms with Crippen molar-refractivity contribution in [3.63, 3.8) is 0 Å². The van der Waals surface area contributed by atoms with Gasteiger partial charge in [-0.2, -0.15) is 0 Å². The lowest BCUT2D eigenvalue weighted by atomic mass is 9.98. The molecule has 0 aliphatic rings. The van der Waals surface area contributed by atoms with Crippen molar-refractivity contribution in [3.05, 3.63) is 237 Å². The number of nitrogens with zero attached hydrogens (tertiary/aromatic N) is 1. The van der Waals surface area contributed by atoms with Crippen LogP contribution in [0.25, 0.3) is 97.7 Å². The maximum Gasteiger partial charge on any atom is 0.143 e. The molecule has 0 saturated carbocycles. The van der Waals surface area contributed by atoms with Gasteiger partial charge in [0.05, 0.1) is 0 Å². The van der Waals surface area contributed by atoms with Gasteiger partial charge in [0.15, 0.2) is 0 Å². The Bertz CT molecular complexity index is 3590. The highest BCUT2D eigenvalue weighted by Gasteiger charge is 2.17. The summed E-state index contributed by atoms with van der Waals surface area (Å²) < 4.78 is 9.13. The first-order valence-electron chi connectivity index (χ1n) is 21.4. The lowest BCUT2D eigenvalue weighted by molar-refractivity contribution is 0.670. The monoisotopic (exact) mass is 821 g/mol. The summed E-state index contributed by atoms with van der Waals surface area (Å²) in [7, 11) is 0. The molecule has 2 heterocycles. The lowest BCUT2D eigenvalue weighted by Gasteiger charge is -2.26. The molecule has 0 aliphatic heterocycles. The summed E-state index contributed by atoms with van der Waals surface area (Å²) in [5, 5.41) is 4.87. The van der Waals surface area contributed by atoms with E-state index in [2.05, 4.69) is 235 Å².